The Morgan fingerprint density at radius 3 is 1.94 bits per heavy atom. The maximum absolute atomic E-state index is 10.0. The summed E-state index contributed by atoms with van der Waals surface area (Å²) < 4.78 is 19.9. The third-order valence-corrected chi connectivity index (χ3v) is 5.79. The molecule has 1 aliphatic rings. The lowest BCUT2D eigenvalue weighted by atomic mass is 10.1. The highest BCUT2D eigenvalue weighted by molar-refractivity contribution is 8.28. The highest BCUT2D eigenvalue weighted by Gasteiger charge is 2.33. The topological polar surface area (TPSA) is 119 Å². The molecule has 96 valence electrons. The van der Waals surface area contributed by atoms with Gasteiger partial charge in [-0.2, -0.15) is 0 Å². The van der Waals surface area contributed by atoms with Crippen LogP contribution >= 0.6 is 14.3 Å². The molecular weight excluding hydrogens is 254 g/mol. The van der Waals surface area contributed by atoms with E-state index >= 15 is 0 Å². The van der Waals surface area contributed by atoms with Crippen molar-refractivity contribution < 1.29 is 23.8 Å². The maximum Gasteiger partial charge on any atom is 0.407 e. The molecule has 7 nitrogen and oxygen atoms in total. The Morgan fingerprint density at radius 1 is 1.25 bits per heavy atom. The van der Waals surface area contributed by atoms with Crippen molar-refractivity contribution in [2.75, 3.05) is 20.3 Å². The minimum absolute atomic E-state index is 0.619. The molecule has 0 aromatic rings. The lowest BCUT2D eigenvalue weighted by molar-refractivity contribution is 0.378. The van der Waals surface area contributed by atoms with Gasteiger partial charge in [-0.25, -0.2) is 4.57 Å². The first-order chi connectivity index (χ1) is 7.18. The van der Waals surface area contributed by atoms with Gasteiger partial charge in [-0.15, -0.1) is 0 Å². The van der Waals surface area contributed by atoms with E-state index in [-0.39, 0.29) is 0 Å². The van der Waals surface area contributed by atoms with Gasteiger partial charge in [-0.1, -0.05) is 0 Å². The summed E-state index contributed by atoms with van der Waals surface area (Å²) >= 11 is 0. The Kier molecular flexibility index (Phi) is 6.44. The van der Waals surface area contributed by atoms with Crippen molar-refractivity contribution >= 4 is 20.2 Å². The minimum atomic E-state index is -4.74. The van der Waals surface area contributed by atoms with Crippen molar-refractivity contribution in [3.63, 3.8) is 0 Å². The van der Waals surface area contributed by atoms with E-state index in [0.29, 0.717) is 6.66 Å². The number of nitrogens with one attached hydrogen (secondary N) is 1. The van der Waals surface area contributed by atoms with Crippen LogP contribution in [0.3, 0.4) is 0 Å². The average Bonchev–Trinajstić information content (AvgIpc) is 2.17. The molecule has 0 amide bonds. The van der Waals surface area contributed by atoms with Gasteiger partial charge in [0.2, 0.25) is 0 Å². The van der Waals surface area contributed by atoms with Gasteiger partial charge in [0.15, 0.2) is 0 Å². The molecule has 1 unspecified atom stereocenters. The zero-order valence-electron chi connectivity index (χ0n) is 9.33. The van der Waals surface area contributed by atoms with Gasteiger partial charge in [0.05, 0.1) is 5.84 Å². The number of nitrogens with zero attached hydrogens (tertiary/aromatic N) is 1. The molecule has 0 radical (unpaired) electrons. The predicted molar refractivity (Wildman–Crippen MR) is 63.0 cm³/mol. The molecule has 4 N–H and O–H groups in total. The molecule has 9 heteroatoms. The molecule has 1 atom stereocenters. The zero-order valence-corrected chi connectivity index (χ0v) is 11.1. The van der Waals surface area contributed by atoms with Crippen LogP contribution in [-0.2, 0) is 9.13 Å². The Balaban J connectivity index is 0.000000281. The fourth-order valence-corrected chi connectivity index (χ4v) is 0.929. The molecular formula is C7H18N2O5P2. The summed E-state index contributed by atoms with van der Waals surface area (Å²) in [6.45, 7) is 1.74. The van der Waals surface area contributed by atoms with Crippen LogP contribution in [0.15, 0.2) is 4.99 Å². The molecule has 0 aromatic heterocycles. The summed E-state index contributed by atoms with van der Waals surface area (Å²) in [7, 11) is -7.08. The predicted octanol–water partition coefficient (Wildman–Crippen LogP) is 0.767. The molecule has 1 rings (SSSR count). The lowest BCUT2D eigenvalue weighted by Crippen LogP contribution is -2.28. The molecule has 16 heavy (non-hydrogen) atoms. The normalized spacial score (nSPS) is 22.7. The summed E-state index contributed by atoms with van der Waals surface area (Å²) in [6.07, 6.45) is 3.76. The van der Waals surface area contributed by atoms with Gasteiger partial charge in [-0.3, -0.25) is 9.56 Å². The van der Waals surface area contributed by atoms with Crippen molar-refractivity contribution in [2.24, 2.45) is 4.99 Å². The maximum atomic E-state index is 10.0. The number of aliphatic imine (C=N–C) groups is 1. The van der Waals surface area contributed by atoms with Crippen LogP contribution in [-0.4, -0.2) is 40.8 Å². The first kappa shape index (κ1) is 15.8. The summed E-state index contributed by atoms with van der Waals surface area (Å²) in [5.74, 6) is 1.18. The number of amidine groups is 1. The third kappa shape index (κ3) is 6.40. The highest BCUT2D eigenvalue weighted by Crippen LogP contribution is 2.71. The number of hydrogen-bond acceptors (Lipinski definition) is 3. The molecule has 0 spiro atoms. The van der Waals surface area contributed by atoms with Crippen molar-refractivity contribution in [1.29, 1.82) is 0 Å². The van der Waals surface area contributed by atoms with Crippen LogP contribution in [0, 0.1) is 0 Å². The van der Waals surface area contributed by atoms with Gasteiger partial charge in [0, 0.05) is 26.7 Å². The largest absolute Gasteiger partial charge is 0.407 e. The van der Waals surface area contributed by atoms with Crippen LogP contribution in [0.25, 0.3) is 0 Å². The summed E-state index contributed by atoms with van der Waals surface area (Å²) in [4.78, 5) is 28.1. The Bertz CT molecular complexity index is 304. The first-order valence-electron chi connectivity index (χ1n) is 4.74. The molecule has 1 heterocycles. The molecule has 0 saturated carbocycles. The summed E-state index contributed by atoms with van der Waals surface area (Å²) in [5, 5.41) is 3.22. The molecule has 1 aliphatic heterocycles. The highest BCUT2D eigenvalue weighted by atomic mass is 32.1. The van der Waals surface area contributed by atoms with Crippen molar-refractivity contribution in [1.82, 2.24) is 5.32 Å². The Labute approximate surface area is 94.5 Å². The van der Waals surface area contributed by atoms with E-state index in [0.717, 1.165) is 13.0 Å². The van der Waals surface area contributed by atoms with E-state index in [2.05, 4.69) is 10.3 Å². The summed E-state index contributed by atoms with van der Waals surface area (Å²) in [5.41, 5.74) is 0. The molecule has 1 fully saturated rings. The number of rotatable bonds is 1. The summed E-state index contributed by atoms with van der Waals surface area (Å²) in [6, 6.07) is 0. The van der Waals surface area contributed by atoms with E-state index < -0.39 is 14.3 Å². The van der Waals surface area contributed by atoms with Crippen molar-refractivity contribution in [3.8, 4) is 0 Å². The monoisotopic (exact) mass is 272 g/mol. The third-order valence-electron chi connectivity index (χ3n) is 1.92. The second-order valence-corrected chi connectivity index (χ2v) is 9.89. The lowest BCUT2D eigenvalue weighted by Gasteiger charge is -2.13. The molecule has 0 bridgehead atoms. The van der Waals surface area contributed by atoms with Gasteiger partial charge in [-0.05, 0) is 12.8 Å². The SMILES string of the molecule is CN=C1CCCCN1.CP(=O)(O)P(=O)(O)O. The van der Waals surface area contributed by atoms with E-state index in [1.54, 1.807) is 0 Å². The number of hydrogen-bond donors (Lipinski definition) is 4. The van der Waals surface area contributed by atoms with E-state index in [4.69, 9.17) is 14.7 Å². The standard InChI is InChI=1S/C6H12N2.CH6O5P2/c1-7-6-4-2-3-5-8-6;1-7(2,3)8(4,5)6/h2-5H2,1H3,(H,7,8);1H3,(H,2,3)(H2,4,5,6). The van der Waals surface area contributed by atoms with Gasteiger partial charge in [0.25, 0.3) is 0 Å². The second kappa shape index (κ2) is 6.52. The van der Waals surface area contributed by atoms with Crippen LogP contribution in [0.4, 0.5) is 0 Å². The van der Waals surface area contributed by atoms with E-state index in [9.17, 15) is 9.13 Å². The van der Waals surface area contributed by atoms with Crippen molar-refractivity contribution in [3.05, 3.63) is 0 Å². The Hall–Kier alpha value is -0.190. The van der Waals surface area contributed by atoms with Gasteiger partial charge in [0.1, 0.15) is 0 Å². The van der Waals surface area contributed by atoms with E-state index in [1.165, 1.54) is 18.7 Å². The average molecular weight is 272 g/mol. The molecule has 1 saturated heterocycles. The van der Waals surface area contributed by atoms with Gasteiger partial charge >= 0.3 is 14.3 Å². The smallest absolute Gasteiger partial charge is 0.374 e. The quantitative estimate of drug-likeness (QED) is 0.523. The van der Waals surface area contributed by atoms with E-state index in [1.807, 2.05) is 7.05 Å². The first-order valence-corrected chi connectivity index (χ1v) is 9.17. The number of piperidine rings is 1. The molecule has 0 aliphatic carbocycles. The molecule has 0 aromatic carbocycles. The fourth-order valence-electron chi connectivity index (χ4n) is 0.929. The van der Waals surface area contributed by atoms with Crippen LogP contribution in [0.2, 0.25) is 0 Å². The van der Waals surface area contributed by atoms with Crippen LogP contribution < -0.4 is 5.32 Å². The van der Waals surface area contributed by atoms with Crippen LogP contribution in [0.1, 0.15) is 19.3 Å². The van der Waals surface area contributed by atoms with Crippen molar-refractivity contribution in [2.45, 2.75) is 19.3 Å². The second-order valence-electron chi connectivity index (χ2n) is 3.40. The fraction of sp³-hybridized carbons (Fsp3) is 0.857. The van der Waals surface area contributed by atoms with Gasteiger partial charge < -0.3 is 20.0 Å². The van der Waals surface area contributed by atoms with Crippen LogP contribution in [0.5, 0.6) is 0 Å². The minimum Gasteiger partial charge on any atom is -0.374 e. The zero-order chi connectivity index (χ0) is 12.8. The Morgan fingerprint density at radius 2 is 1.75 bits per heavy atom.